The van der Waals surface area contributed by atoms with E-state index in [0.717, 1.165) is 64.9 Å². The molecule has 0 aromatic heterocycles. The van der Waals surface area contributed by atoms with Gasteiger partial charge in [-0.15, -0.1) is 0 Å². The van der Waals surface area contributed by atoms with Crippen molar-refractivity contribution < 1.29 is 13.3 Å². The zero-order chi connectivity index (χ0) is 25.2. The molecule has 0 saturated heterocycles. The van der Waals surface area contributed by atoms with Gasteiger partial charge in [0, 0.05) is 50.9 Å². The van der Waals surface area contributed by atoms with E-state index in [4.69, 9.17) is 13.3 Å². The molecular formula is C26H59N3O3Si. The maximum Gasteiger partial charge on any atom is 0.501 e. The average molecular weight is 490 g/mol. The van der Waals surface area contributed by atoms with Crippen molar-refractivity contribution in [3.05, 3.63) is 0 Å². The molecule has 0 rings (SSSR count). The summed E-state index contributed by atoms with van der Waals surface area (Å²) in [6.07, 6.45) is 3.52. The lowest BCUT2D eigenvalue weighted by molar-refractivity contribution is 0.0256. The highest BCUT2D eigenvalue weighted by Gasteiger charge is 2.50. The average Bonchev–Trinajstić information content (AvgIpc) is 2.78. The molecule has 0 spiro atoms. The Kier molecular flexibility index (Phi) is 19.2. The summed E-state index contributed by atoms with van der Waals surface area (Å²) in [6, 6.07) is 0.871. The van der Waals surface area contributed by atoms with Crippen molar-refractivity contribution in [3.8, 4) is 0 Å². The van der Waals surface area contributed by atoms with Crippen molar-refractivity contribution in [2.75, 3.05) is 78.7 Å². The summed E-state index contributed by atoms with van der Waals surface area (Å²) in [5, 5.41) is 0. The van der Waals surface area contributed by atoms with E-state index in [2.05, 4.69) is 77.0 Å². The Morgan fingerprint density at radius 2 is 0.818 bits per heavy atom. The topological polar surface area (TPSA) is 37.4 Å². The fraction of sp³-hybridized carbons (Fsp3) is 1.00. The molecule has 0 bridgehead atoms. The van der Waals surface area contributed by atoms with Crippen LogP contribution in [0, 0.1) is 5.41 Å². The molecule has 7 heteroatoms. The van der Waals surface area contributed by atoms with E-state index in [0.29, 0.717) is 19.8 Å². The number of hydrogen-bond donors (Lipinski definition) is 0. The molecule has 33 heavy (non-hydrogen) atoms. The molecule has 0 saturated carbocycles. The molecule has 0 aromatic carbocycles. The summed E-state index contributed by atoms with van der Waals surface area (Å²) >= 11 is 0. The van der Waals surface area contributed by atoms with Crippen molar-refractivity contribution in [2.24, 2.45) is 5.41 Å². The minimum Gasteiger partial charge on any atom is -0.374 e. The molecule has 0 aliphatic rings. The van der Waals surface area contributed by atoms with Gasteiger partial charge in [-0.1, -0.05) is 41.5 Å². The van der Waals surface area contributed by atoms with Gasteiger partial charge in [0.05, 0.1) is 0 Å². The van der Waals surface area contributed by atoms with Crippen LogP contribution in [0.2, 0.25) is 6.04 Å². The molecule has 200 valence electrons. The zero-order valence-corrected chi connectivity index (χ0v) is 24.9. The van der Waals surface area contributed by atoms with E-state index in [9.17, 15) is 0 Å². The fourth-order valence-corrected chi connectivity index (χ4v) is 8.26. The molecule has 0 unspecified atom stereocenters. The number of hydrogen-bond acceptors (Lipinski definition) is 6. The summed E-state index contributed by atoms with van der Waals surface area (Å²) in [5.41, 5.74) is 0.0211. The minimum absolute atomic E-state index is 0.0211. The predicted octanol–water partition coefficient (Wildman–Crippen LogP) is 5.22. The van der Waals surface area contributed by atoms with Gasteiger partial charge in [0.25, 0.3) is 0 Å². The largest absolute Gasteiger partial charge is 0.501 e. The van der Waals surface area contributed by atoms with Gasteiger partial charge >= 0.3 is 8.80 Å². The third-order valence-electron chi connectivity index (χ3n) is 6.32. The van der Waals surface area contributed by atoms with Gasteiger partial charge in [-0.25, -0.2) is 0 Å². The molecule has 0 amide bonds. The molecule has 0 N–H and O–H groups in total. The van der Waals surface area contributed by atoms with Crippen LogP contribution in [0.1, 0.15) is 81.6 Å². The van der Waals surface area contributed by atoms with Crippen molar-refractivity contribution in [3.63, 3.8) is 0 Å². The maximum atomic E-state index is 6.43. The zero-order valence-electron chi connectivity index (χ0n) is 23.9. The van der Waals surface area contributed by atoms with E-state index >= 15 is 0 Å². The molecule has 0 aliphatic heterocycles. The Morgan fingerprint density at radius 1 is 0.515 bits per heavy atom. The van der Waals surface area contributed by atoms with Crippen LogP contribution >= 0.6 is 0 Å². The Labute approximate surface area is 208 Å². The second-order valence-corrected chi connectivity index (χ2v) is 11.9. The van der Waals surface area contributed by atoms with Crippen LogP contribution in [-0.2, 0) is 13.3 Å². The molecule has 0 radical (unpaired) electrons. The molecule has 0 aliphatic carbocycles. The van der Waals surface area contributed by atoms with Gasteiger partial charge in [0.15, 0.2) is 0 Å². The smallest absolute Gasteiger partial charge is 0.374 e. The number of rotatable bonds is 23. The molecule has 0 heterocycles. The predicted molar refractivity (Wildman–Crippen MR) is 145 cm³/mol. The SMILES string of the molecule is CCCN(CC)CC(CN(CC)CCC)(CN(CC)CCC)C[Si](OCC)(OCC)OCC. The quantitative estimate of drug-likeness (QED) is 0.183. The lowest BCUT2D eigenvalue weighted by atomic mass is 9.87. The van der Waals surface area contributed by atoms with Crippen molar-refractivity contribution in [1.82, 2.24) is 14.7 Å². The van der Waals surface area contributed by atoms with Crippen LogP contribution in [0.3, 0.4) is 0 Å². The van der Waals surface area contributed by atoms with E-state index in [1.54, 1.807) is 0 Å². The van der Waals surface area contributed by atoms with Crippen molar-refractivity contribution in [2.45, 2.75) is 87.6 Å². The highest BCUT2D eigenvalue weighted by Crippen LogP contribution is 2.35. The third-order valence-corrected chi connectivity index (χ3v) is 9.69. The van der Waals surface area contributed by atoms with Gasteiger partial charge in [-0.05, 0) is 79.3 Å². The second kappa shape index (κ2) is 19.2. The van der Waals surface area contributed by atoms with E-state index in [1.807, 2.05) is 0 Å². The first-order chi connectivity index (χ1) is 15.9. The molecule has 0 fully saturated rings. The van der Waals surface area contributed by atoms with Crippen LogP contribution in [0.15, 0.2) is 0 Å². The van der Waals surface area contributed by atoms with Crippen molar-refractivity contribution >= 4 is 8.80 Å². The summed E-state index contributed by atoms with van der Waals surface area (Å²) in [6.45, 7) is 31.6. The van der Waals surface area contributed by atoms with Gasteiger partial charge in [-0.2, -0.15) is 0 Å². The van der Waals surface area contributed by atoms with Crippen LogP contribution in [0.5, 0.6) is 0 Å². The molecular weight excluding hydrogens is 430 g/mol. The van der Waals surface area contributed by atoms with Crippen LogP contribution < -0.4 is 0 Å². The Bertz CT molecular complexity index is 399. The second-order valence-electron chi connectivity index (χ2n) is 9.27. The summed E-state index contributed by atoms with van der Waals surface area (Å²) in [7, 11) is -2.82. The third kappa shape index (κ3) is 12.5. The highest BCUT2D eigenvalue weighted by atomic mass is 28.4. The van der Waals surface area contributed by atoms with E-state index in [1.165, 1.54) is 19.3 Å². The summed E-state index contributed by atoms with van der Waals surface area (Å²) in [5.74, 6) is 0. The molecule has 0 atom stereocenters. The first-order valence-electron chi connectivity index (χ1n) is 14.0. The highest BCUT2D eigenvalue weighted by molar-refractivity contribution is 6.60. The van der Waals surface area contributed by atoms with Crippen LogP contribution in [0.25, 0.3) is 0 Å². The van der Waals surface area contributed by atoms with Crippen LogP contribution in [0.4, 0.5) is 0 Å². The fourth-order valence-electron chi connectivity index (χ4n) is 5.13. The Balaban J connectivity index is 6.51. The van der Waals surface area contributed by atoms with Gasteiger partial charge in [0.2, 0.25) is 0 Å². The lowest BCUT2D eigenvalue weighted by Crippen LogP contribution is -2.59. The monoisotopic (exact) mass is 489 g/mol. The van der Waals surface area contributed by atoms with Crippen LogP contribution in [-0.4, -0.2) is 102 Å². The molecule has 6 nitrogen and oxygen atoms in total. The minimum atomic E-state index is -2.82. The van der Waals surface area contributed by atoms with Gasteiger partial charge in [0.1, 0.15) is 0 Å². The van der Waals surface area contributed by atoms with Gasteiger partial charge < -0.3 is 28.0 Å². The standard InChI is InChI=1S/C26H59N3O3Si/c1-10-19-27(13-4)22-26(23-28(14-5)20-11-2,24-29(15-6)21-12-3)25-33(30-16-7,31-17-8)32-18-9/h10-25H2,1-9H3. The molecule has 0 aromatic rings. The summed E-state index contributed by atoms with van der Waals surface area (Å²) < 4.78 is 19.3. The Hall–Kier alpha value is -0.0231. The first-order valence-corrected chi connectivity index (χ1v) is 15.9. The van der Waals surface area contributed by atoms with Crippen molar-refractivity contribution in [1.29, 1.82) is 0 Å². The first kappa shape index (κ1) is 33.0. The number of nitrogens with zero attached hydrogens (tertiary/aromatic N) is 3. The summed E-state index contributed by atoms with van der Waals surface area (Å²) in [4.78, 5) is 7.92. The Morgan fingerprint density at radius 3 is 1.03 bits per heavy atom. The lowest BCUT2D eigenvalue weighted by Gasteiger charge is -2.47. The maximum absolute atomic E-state index is 6.43. The van der Waals surface area contributed by atoms with Gasteiger partial charge in [-0.3, -0.25) is 0 Å². The normalized spacial score (nSPS) is 13.1. The van der Waals surface area contributed by atoms with E-state index < -0.39 is 8.80 Å². The van der Waals surface area contributed by atoms with E-state index in [-0.39, 0.29) is 5.41 Å².